The maximum Gasteiger partial charge on any atom is 0.318 e. The number of rotatable bonds is 8. The molecular weight excluding hydrogens is 643 g/mol. The van der Waals surface area contributed by atoms with E-state index in [9.17, 15) is 32.3 Å². The Morgan fingerprint density at radius 2 is 1.71 bits per heavy atom. The predicted molar refractivity (Wildman–Crippen MR) is 169 cm³/mol. The van der Waals surface area contributed by atoms with Crippen LogP contribution >= 0.6 is 0 Å². The lowest BCUT2D eigenvalue weighted by Gasteiger charge is -2.44. The van der Waals surface area contributed by atoms with E-state index in [2.05, 4.69) is 36.2 Å². The third kappa shape index (κ3) is 6.45. The van der Waals surface area contributed by atoms with E-state index in [1.54, 1.807) is 29.2 Å². The molecule has 3 aliphatic carbocycles. The molecule has 12 nitrogen and oxygen atoms in total. The number of aromatic nitrogens is 2. The van der Waals surface area contributed by atoms with Gasteiger partial charge < -0.3 is 26.2 Å². The van der Waals surface area contributed by atoms with E-state index in [0.29, 0.717) is 18.8 Å². The highest BCUT2D eigenvalue weighted by molar-refractivity contribution is 6.03. The van der Waals surface area contributed by atoms with Gasteiger partial charge in [-0.3, -0.25) is 14.4 Å². The summed E-state index contributed by atoms with van der Waals surface area (Å²) in [5, 5.41) is 18.5. The molecule has 1 aliphatic heterocycles. The minimum Gasteiger partial charge on any atom is -0.338 e. The summed E-state index contributed by atoms with van der Waals surface area (Å²) >= 11 is 0. The molecular formula is C34H36F3N7O5. The van der Waals surface area contributed by atoms with Crippen LogP contribution in [0.4, 0.5) is 29.3 Å². The topological polar surface area (TPSA) is 159 Å². The number of carbonyl (C=O) groups is 4. The lowest BCUT2D eigenvalue weighted by atomic mass is 9.81. The molecule has 4 aliphatic rings. The van der Waals surface area contributed by atoms with Crippen molar-refractivity contribution in [3.05, 3.63) is 70.8 Å². The lowest BCUT2D eigenvalue weighted by molar-refractivity contribution is -0.127. The molecule has 2 heterocycles. The van der Waals surface area contributed by atoms with Gasteiger partial charge in [-0.2, -0.15) is 0 Å². The van der Waals surface area contributed by atoms with Crippen LogP contribution in [-0.4, -0.2) is 69.6 Å². The summed E-state index contributed by atoms with van der Waals surface area (Å²) in [5.74, 6) is -5.69. The Balaban J connectivity index is 1.14. The molecule has 258 valence electrons. The van der Waals surface area contributed by atoms with Gasteiger partial charge in [0.1, 0.15) is 23.1 Å². The summed E-state index contributed by atoms with van der Waals surface area (Å²) in [6, 6.07) is 9.19. The van der Waals surface area contributed by atoms with Gasteiger partial charge in [-0.25, -0.2) is 22.6 Å². The summed E-state index contributed by atoms with van der Waals surface area (Å²) in [5.41, 5.74) is 0.816. The molecule has 2 atom stereocenters. The number of alkyl halides is 2. The Bertz CT molecular complexity index is 1820. The zero-order chi connectivity index (χ0) is 34.6. The molecule has 1 spiro atoms. The van der Waals surface area contributed by atoms with Gasteiger partial charge in [0.2, 0.25) is 11.8 Å². The van der Waals surface area contributed by atoms with Gasteiger partial charge >= 0.3 is 6.03 Å². The first-order valence-corrected chi connectivity index (χ1v) is 16.4. The SMILES string of the molecule is Cc1nonc1C(=O)N[C@H](C(=O)Nc1ccc2c(c1)CC(C(=O)Nc1cccc(F)c1)(N1CC3(CC3)CNC1=O)C2)C1CCC(F)(F)CC1. The first-order chi connectivity index (χ1) is 23.4. The van der Waals surface area contributed by atoms with E-state index in [4.69, 9.17) is 0 Å². The molecule has 2 aromatic carbocycles. The Labute approximate surface area is 279 Å². The molecule has 49 heavy (non-hydrogen) atoms. The van der Waals surface area contributed by atoms with Crippen molar-refractivity contribution in [3.8, 4) is 0 Å². The molecule has 15 heteroatoms. The van der Waals surface area contributed by atoms with Crippen molar-refractivity contribution in [1.29, 1.82) is 0 Å². The van der Waals surface area contributed by atoms with Crippen LogP contribution in [0, 0.1) is 24.1 Å². The first kappa shape index (κ1) is 32.6. The van der Waals surface area contributed by atoms with E-state index >= 15 is 0 Å². The Morgan fingerprint density at radius 1 is 0.980 bits per heavy atom. The van der Waals surface area contributed by atoms with Crippen molar-refractivity contribution in [2.45, 2.75) is 75.8 Å². The van der Waals surface area contributed by atoms with Crippen molar-refractivity contribution in [1.82, 2.24) is 25.8 Å². The smallest absolute Gasteiger partial charge is 0.318 e. The van der Waals surface area contributed by atoms with Crippen molar-refractivity contribution >= 4 is 35.1 Å². The van der Waals surface area contributed by atoms with Crippen LogP contribution in [0.25, 0.3) is 0 Å². The number of urea groups is 1. The summed E-state index contributed by atoms with van der Waals surface area (Å²) in [4.78, 5) is 55.9. The Kier molecular flexibility index (Phi) is 8.10. The molecule has 7 rings (SSSR count). The number of anilines is 2. The van der Waals surface area contributed by atoms with E-state index in [-0.39, 0.29) is 54.2 Å². The predicted octanol–water partition coefficient (Wildman–Crippen LogP) is 4.36. The number of fused-ring (bicyclic) bond motifs is 1. The van der Waals surface area contributed by atoms with Gasteiger partial charge in [0.15, 0.2) is 5.69 Å². The van der Waals surface area contributed by atoms with Crippen LogP contribution in [0.5, 0.6) is 0 Å². The van der Waals surface area contributed by atoms with E-state index in [1.807, 2.05) is 0 Å². The largest absolute Gasteiger partial charge is 0.338 e. The van der Waals surface area contributed by atoms with Gasteiger partial charge in [-0.05, 0) is 85.1 Å². The van der Waals surface area contributed by atoms with Crippen LogP contribution in [0.1, 0.15) is 65.8 Å². The van der Waals surface area contributed by atoms with Crippen molar-refractivity contribution < 1.29 is 37.0 Å². The second-order valence-electron chi connectivity index (χ2n) is 13.9. The standard InChI is InChI=1S/C34H36F3N7O5/c1-19-26(43-49-42-19)28(45)41-27(20-7-9-34(36,37)10-8-20)29(46)39-25-6-5-21-15-33(16-22(21)13-25,30(47)40-24-4-2-3-23(35)14-24)44-18-32(11-12-32)17-38-31(44)48/h2-6,13-14,20,27H,7-12,15-18H2,1H3,(H,38,48)(H,39,46)(H,40,47)(H,41,45)/t27-,33?/m0/s1. The highest BCUT2D eigenvalue weighted by Crippen LogP contribution is 2.50. The number of nitrogens with zero attached hydrogens (tertiary/aromatic N) is 3. The summed E-state index contributed by atoms with van der Waals surface area (Å²) < 4.78 is 46.7. The summed E-state index contributed by atoms with van der Waals surface area (Å²) in [6.07, 6.45) is 1.41. The van der Waals surface area contributed by atoms with Crippen LogP contribution in [0.15, 0.2) is 47.1 Å². The quantitative estimate of drug-likeness (QED) is 0.276. The van der Waals surface area contributed by atoms with E-state index in [1.165, 1.54) is 25.1 Å². The van der Waals surface area contributed by atoms with Crippen molar-refractivity contribution in [2.75, 3.05) is 23.7 Å². The number of nitrogens with one attached hydrogen (secondary N) is 4. The van der Waals surface area contributed by atoms with Crippen LogP contribution in [0.3, 0.4) is 0 Å². The minimum atomic E-state index is -2.84. The molecule has 3 fully saturated rings. The number of halogens is 3. The molecule has 4 N–H and O–H groups in total. The van der Waals surface area contributed by atoms with Gasteiger partial charge in [-0.15, -0.1) is 0 Å². The van der Waals surface area contributed by atoms with Gasteiger partial charge in [-0.1, -0.05) is 17.3 Å². The summed E-state index contributed by atoms with van der Waals surface area (Å²) in [7, 11) is 0. The molecule has 1 aromatic heterocycles. The van der Waals surface area contributed by atoms with Crippen molar-refractivity contribution in [3.63, 3.8) is 0 Å². The minimum absolute atomic E-state index is 0.0218. The van der Waals surface area contributed by atoms with E-state index in [0.717, 1.165) is 24.0 Å². The third-order valence-corrected chi connectivity index (χ3v) is 10.4. The highest BCUT2D eigenvalue weighted by Gasteiger charge is 2.57. The fourth-order valence-corrected chi connectivity index (χ4v) is 7.36. The van der Waals surface area contributed by atoms with Crippen molar-refractivity contribution in [2.24, 2.45) is 11.3 Å². The Hall–Kier alpha value is -4.95. The average Bonchev–Trinajstić information content (AvgIpc) is 3.47. The first-order valence-electron chi connectivity index (χ1n) is 16.4. The Morgan fingerprint density at radius 3 is 2.41 bits per heavy atom. The molecule has 2 saturated carbocycles. The highest BCUT2D eigenvalue weighted by atomic mass is 19.3. The zero-order valence-electron chi connectivity index (χ0n) is 26.8. The monoisotopic (exact) mass is 679 g/mol. The van der Waals surface area contributed by atoms with Gasteiger partial charge in [0, 0.05) is 55.6 Å². The lowest BCUT2D eigenvalue weighted by Crippen LogP contribution is -2.66. The molecule has 0 radical (unpaired) electrons. The molecule has 0 bridgehead atoms. The second-order valence-corrected chi connectivity index (χ2v) is 13.9. The zero-order valence-corrected chi connectivity index (χ0v) is 26.8. The normalized spacial score (nSPS) is 22.9. The average molecular weight is 680 g/mol. The number of aryl methyl sites for hydroxylation is 1. The third-order valence-electron chi connectivity index (χ3n) is 10.4. The molecule has 1 unspecified atom stereocenters. The summed E-state index contributed by atoms with van der Waals surface area (Å²) in [6.45, 7) is 2.45. The fraction of sp³-hybridized carbons (Fsp3) is 0.471. The van der Waals surface area contributed by atoms with Crippen LogP contribution in [0.2, 0.25) is 0 Å². The molecule has 3 aromatic rings. The number of amides is 5. The second kappa shape index (κ2) is 12.2. The number of hydrogen-bond acceptors (Lipinski definition) is 7. The molecule has 5 amide bonds. The maximum atomic E-state index is 14.2. The number of hydrogen-bond donors (Lipinski definition) is 4. The van der Waals surface area contributed by atoms with E-state index < -0.39 is 59.8 Å². The van der Waals surface area contributed by atoms with Gasteiger partial charge in [0.05, 0.1) is 0 Å². The number of carbonyl (C=O) groups excluding carboxylic acids is 4. The van der Waals surface area contributed by atoms with Crippen LogP contribution in [-0.2, 0) is 22.4 Å². The van der Waals surface area contributed by atoms with Gasteiger partial charge in [0.25, 0.3) is 11.8 Å². The maximum absolute atomic E-state index is 14.2. The molecule has 1 saturated heterocycles. The van der Waals surface area contributed by atoms with Crippen LogP contribution < -0.4 is 21.3 Å². The fourth-order valence-electron chi connectivity index (χ4n) is 7.36. The number of benzene rings is 2.